The third-order valence-electron chi connectivity index (χ3n) is 7.08. The van der Waals surface area contributed by atoms with Crippen LogP contribution in [-0.4, -0.2) is 51.5 Å². The van der Waals surface area contributed by atoms with Gasteiger partial charge in [-0.2, -0.15) is 0 Å². The molecule has 5 atom stereocenters. The van der Waals surface area contributed by atoms with Gasteiger partial charge in [-0.25, -0.2) is 4.98 Å². The van der Waals surface area contributed by atoms with Crippen LogP contribution in [-0.2, 0) is 4.79 Å². The molecule has 10 heteroatoms. The van der Waals surface area contributed by atoms with Crippen molar-refractivity contribution in [3.63, 3.8) is 0 Å². The van der Waals surface area contributed by atoms with Crippen molar-refractivity contribution in [3.8, 4) is 5.75 Å². The van der Waals surface area contributed by atoms with Crippen LogP contribution in [0.15, 0.2) is 23.6 Å². The van der Waals surface area contributed by atoms with Crippen LogP contribution in [0.5, 0.6) is 5.75 Å². The van der Waals surface area contributed by atoms with E-state index in [4.69, 9.17) is 16.3 Å². The Kier molecular flexibility index (Phi) is 6.12. The molecule has 180 valence electrons. The molecule has 3 aliphatic rings. The van der Waals surface area contributed by atoms with Crippen molar-refractivity contribution in [2.24, 2.45) is 5.92 Å². The minimum absolute atomic E-state index is 0.0274. The Balaban J connectivity index is 1.27. The Bertz CT molecular complexity index is 1150. The number of ketones is 1. The number of carbonyl (C=O) groups excluding carboxylic acids is 3. The van der Waals surface area contributed by atoms with E-state index in [2.05, 4.69) is 15.6 Å². The molecule has 1 aromatic heterocycles. The van der Waals surface area contributed by atoms with Crippen LogP contribution in [0.2, 0.25) is 5.02 Å². The third-order valence-corrected chi connectivity index (χ3v) is 8.27. The maximum atomic E-state index is 13.2. The highest BCUT2D eigenvalue weighted by atomic mass is 35.5. The monoisotopic (exact) mass is 503 g/mol. The lowest BCUT2D eigenvalue weighted by Crippen LogP contribution is -2.65. The van der Waals surface area contributed by atoms with E-state index in [9.17, 15) is 19.5 Å². The highest BCUT2D eigenvalue weighted by molar-refractivity contribution is 7.11. The SMILES string of the molecule is Cc1csc(C(=O)NC2C3CCCC(NC(=O)[C@H]4CC(=O)c5cc(Cl)ccc5O4)(C3)C[C@@H]2O)n1. The molecule has 2 fully saturated rings. The lowest BCUT2D eigenvalue weighted by molar-refractivity contribution is -0.132. The molecule has 2 heterocycles. The first-order chi connectivity index (χ1) is 16.2. The lowest BCUT2D eigenvalue weighted by Gasteiger charge is -2.51. The van der Waals surface area contributed by atoms with Gasteiger partial charge in [0.15, 0.2) is 16.9 Å². The Morgan fingerprint density at radius 3 is 2.91 bits per heavy atom. The minimum Gasteiger partial charge on any atom is -0.479 e. The van der Waals surface area contributed by atoms with Gasteiger partial charge in [0.05, 0.1) is 24.1 Å². The topological polar surface area (TPSA) is 118 Å². The van der Waals surface area contributed by atoms with Crippen LogP contribution in [0.25, 0.3) is 0 Å². The standard InChI is InChI=1S/C24H26ClN3O5S/c1-12-11-34-23(26-12)22(32)27-20-13-3-2-6-24(9-13,10-17(20)30)28-21(31)19-8-16(29)15-7-14(25)4-5-18(15)33-19/h4-5,7,11,13,17,19-20,30H,2-3,6,8-10H2,1H3,(H,27,32)(H,28,31)/t13?,17-,19+,20?,24?/m0/s1. The van der Waals surface area contributed by atoms with Gasteiger partial charge in [0.2, 0.25) is 0 Å². The molecule has 2 aromatic rings. The summed E-state index contributed by atoms with van der Waals surface area (Å²) in [6, 6.07) is 4.38. The van der Waals surface area contributed by atoms with Crippen LogP contribution in [0.4, 0.5) is 0 Å². The summed E-state index contributed by atoms with van der Waals surface area (Å²) in [6.45, 7) is 1.83. The first-order valence-corrected chi connectivity index (χ1v) is 12.7. The van der Waals surface area contributed by atoms with Crippen molar-refractivity contribution in [1.82, 2.24) is 15.6 Å². The number of nitrogens with zero attached hydrogens (tertiary/aromatic N) is 1. The van der Waals surface area contributed by atoms with Crippen LogP contribution in [0.1, 0.15) is 64.4 Å². The number of carbonyl (C=O) groups is 3. The fourth-order valence-electron chi connectivity index (χ4n) is 5.58. The lowest BCUT2D eigenvalue weighted by atomic mass is 9.64. The first-order valence-electron chi connectivity index (χ1n) is 11.5. The number of hydrogen-bond donors (Lipinski definition) is 3. The molecule has 8 nitrogen and oxygen atoms in total. The van der Waals surface area contributed by atoms with Gasteiger partial charge in [0.1, 0.15) is 5.75 Å². The fraction of sp³-hybridized carbons (Fsp3) is 0.500. The maximum Gasteiger partial charge on any atom is 0.280 e. The molecule has 2 amide bonds. The van der Waals surface area contributed by atoms with Gasteiger partial charge in [0, 0.05) is 21.6 Å². The summed E-state index contributed by atoms with van der Waals surface area (Å²) in [4.78, 5) is 42.6. The number of thiazole rings is 1. The zero-order valence-electron chi connectivity index (χ0n) is 18.7. The number of hydrogen-bond acceptors (Lipinski definition) is 7. The van der Waals surface area contributed by atoms with Gasteiger partial charge in [-0.3, -0.25) is 14.4 Å². The Hall–Kier alpha value is -2.49. The zero-order valence-corrected chi connectivity index (χ0v) is 20.2. The molecule has 1 aromatic carbocycles. The summed E-state index contributed by atoms with van der Waals surface area (Å²) in [7, 11) is 0. The van der Waals surface area contributed by atoms with Crippen molar-refractivity contribution in [2.45, 2.75) is 69.2 Å². The van der Waals surface area contributed by atoms with Crippen LogP contribution < -0.4 is 15.4 Å². The number of rotatable bonds is 4. The van der Waals surface area contributed by atoms with Crippen molar-refractivity contribution >= 4 is 40.5 Å². The quantitative estimate of drug-likeness (QED) is 0.590. The second-order valence-corrected chi connectivity index (χ2v) is 10.9. The molecular formula is C24H26ClN3O5S. The number of benzene rings is 1. The second kappa shape index (κ2) is 8.94. The number of ether oxygens (including phenoxy) is 1. The van der Waals surface area contributed by atoms with E-state index in [-0.39, 0.29) is 29.9 Å². The normalized spacial score (nSPS) is 30.1. The number of aliphatic hydroxyl groups is 1. The molecule has 5 rings (SSSR count). The molecule has 0 saturated heterocycles. The number of nitrogens with one attached hydrogen (secondary N) is 2. The number of fused-ring (bicyclic) bond motifs is 3. The molecule has 3 N–H and O–H groups in total. The van der Waals surface area contributed by atoms with E-state index in [1.165, 1.54) is 11.3 Å². The number of aryl methyl sites for hydroxylation is 1. The van der Waals surface area contributed by atoms with E-state index in [1.807, 2.05) is 12.3 Å². The molecular weight excluding hydrogens is 478 g/mol. The van der Waals surface area contributed by atoms with E-state index in [1.54, 1.807) is 18.2 Å². The highest BCUT2D eigenvalue weighted by Gasteiger charge is 2.50. The predicted molar refractivity (Wildman–Crippen MR) is 126 cm³/mol. The Morgan fingerprint density at radius 2 is 2.15 bits per heavy atom. The molecule has 0 radical (unpaired) electrons. The smallest absolute Gasteiger partial charge is 0.280 e. The van der Waals surface area contributed by atoms with Gasteiger partial charge in [-0.15, -0.1) is 11.3 Å². The maximum absolute atomic E-state index is 13.2. The molecule has 2 saturated carbocycles. The van der Waals surface area contributed by atoms with E-state index < -0.39 is 23.8 Å². The Labute approximate surface area is 206 Å². The predicted octanol–water partition coefficient (Wildman–Crippen LogP) is 3.05. The summed E-state index contributed by atoms with van der Waals surface area (Å²) in [5, 5.41) is 19.7. The van der Waals surface area contributed by atoms with Gasteiger partial charge < -0.3 is 20.5 Å². The van der Waals surface area contributed by atoms with Gasteiger partial charge in [0.25, 0.3) is 11.8 Å². The van der Waals surface area contributed by atoms with E-state index >= 15 is 0 Å². The number of aliphatic hydroxyl groups excluding tert-OH is 1. The summed E-state index contributed by atoms with van der Waals surface area (Å²) in [5.74, 6) is -0.449. The number of Topliss-reactive ketones (excluding diaryl/α,β-unsaturated/α-hetero) is 1. The average molecular weight is 504 g/mol. The molecule has 1 aliphatic heterocycles. The van der Waals surface area contributed by atoms with Gasteiger partial charge in [-0.1, -0.05) is 18.0 Å². The summed E-state index contributed by atoms with van der Waals surface area (Å²) >= 11 is 7.26. The summed E-state index contributed by atoms with van der Waals surface area (Å²) in [6.07, 6.45) is 1.61. The Morgan fingerprint density at radius 1 is 1.32 bits per heavy atom. The van der Waals surface area contributed by atoms with Crippen molar-refractivity contribution in [2.75, 3.05) is 0 Å². The van der Waals surface area contributed by atoms with Crippen LogP contribution >= 0.6 is 22.9 Å². The minimum atomic E-state index is -0.932. The molecule has 2 aliphatic carbocycles. The molecule has 0 spiro atoms. The van der Waals surface area contributed by atoms with Crippen molar-refractivity contribution in [3.05, 3.63) is 44.9 Å². The number of aromatic nitrogens is 1. The largest absolute Gasteiger partial charge is 0.479 e. The van der Waals surface area contributed by atoms with E-state index in [0.29, 0.717) is 34.2 Å². The molecule has 3 unspecified atom stereocenters. The number of amides is 2. The molecule has 2 bridgehead atoms. The van der Waals surface area contributed by atoms with Gasteiger partial charge in [-0.05, 0) is 56.7 Å². The summed E-state index contributed by atoms with van der Waals surface area (Å²) in [5.41, 5.74) is 0.577. The van der Waals surface area contributed by atoms with Crippen LogP contribution in [0, 0.1) is 12.8 Å². The average Bonchev–Trinajstić information content (AvgIpc) is 3.23. The molecule has 34 heavy (non-hydrogen) atoms. The van der Waals surface area contributed by atoms with E-state index in [0.717, 1.165) is 25.0 Å². The second-order valence-electron chi connectivity index (χ2n) is 9.57. The third kappa shape index (κ3) is 4.44. The van der Waals surface area contributed by atoms with Crippen LogP contribution in [0.3, 0.4) is 0 Å². The fourth-order valence-corrected chi connectivity index (χ4v) is 6.45. The highest BCUT2D eigenvalue weighted by Crippen LogP contribution is 2.43. The van der Waals surface area contributed by atoms with Crippen molar-refractivity contribution in [1.29, 1.82) is 0 Å². The van der Waals surface area contributed by atoms with Gasteiger partial charge >= 0.3 is 0 Å². The number of halogens is 1. The van der Waals surface area contributed by atoms with Crippen molar-refractivity contribution < 1.29 is 24.2 Å². The summed E-state index contributed by atoms with van der Waals surface area (Å²) < 4.78 is 5.83. The first kappa shape index (κ1) is 23.3. The zero-order chi connectivity index (χ0) is 24.0.